The number of ether oxygens (including phenoxy) is 1. The molecule has 1 aromatic carbocycles. The first-order valence-electron chi connectivity index (χ1n) is 6.74. The molecule has 1 saturated heterocycles. The summed E-state index contributed by atoms with van der Waals surface area (Å²) in [6.45, 7) is 4.36. The summed E-state index contributed by atoms with van der Waals surface area (Å²) >= 11 is 0. The summed E-state index contributed by atoms with van der Waals surface area (Å²) in [5, 5.41) is 11.7. The number of nitrogens with one attached hydrogen (secondary N) is 1. The molecule has 2 atom stereocenters. The number of amides is 1. The summed E-state index contributed by atoms with van der Waals surface area (Å²) in [4.78, 5) is 12.3. The average molecular weight is 273 g/mol. The fraction of sp³-hybridized carbons (Fsp3) is 0.438. The second-order valence-electron chi connectivity index (χ2n) is 4.93. The van der Waals surface area contributed by atoms with Gasteiger partial charge >= 0.3 is 0 Å². The van der Waals surface area contributed by atoms with Crippen LogP contribution in [-0.4, -0.2) is 36.4 Å². The Balaban J connectivity index is 2.16. The molecule has 0 aromatic heterocycles. The van der Waals surface area contributed by atoms with Crippen LogP contribution in [0.2, 0.25) is 0 Å². The molecule has 20 heavy (non-hydrogen) atoms. The molecule has 0 radical (unpaired) electrons. The van der Waals surface area contributed by atoms with Gasteiger partial charge in [0.25, 0.3) is 5.91 Å². The molecule has 1 aliphatic rings. The molecule has 0 aliphatic carbocycles. The molecule has 1 amide bonds. The third kappa shape index (κ3) is 3.38. The molecule has 2 N–H and O–H groups in total. The van der Waals surface area contributed by atoms with E-state index in [1.165, 1.54) is 0 Å². The van der Waals surface area contributed by atoms with Gasteiger partial charge in [0.15, 0.2) is 0 Å². The zero-order chi connectivity index (χ0) is 14.5. The lowest BCUT2D eigenvalue weighted by Gasteiger charge is -2.17. The van der Waals surface area contributed by atoms with Crippen molar-refractivity contribution in [1.29, 1.82) is 0 Å². The number of hydrogen-bond acceptors (Lipinski definition) is 3. The van der Waals surface area contributed by atoms with Crippen LogP contribution in [0.4, 0.5) is 0 Å². The summed E-state index contributed by atoms with van der Waals surface area (Å²) in [5.74, 6) is 5.30. The lowest BCUT2D eigenvalue weighted by atomic mass is 10.0. The quantitative estimate of drug-likeness (QED) is 0.797. The maximum Gasteiger partial charge on any atom is 0.251 e. The van der Waals surface area contributed by atoms with Crippen molar-refractivity contribution in [3.8, 4) is 11.8 Å². The Morgan fingerprint density at radius 1 is 1.55 bits per heavy atom. The van der Waals surface area contributed by atoms with Crippen molar-refractivity contribution < 1.29 is 14.6 Å². The van der Waals surface area contributed by atoms with Crippen LogP contribution in [0, 0.1) is 18.8 Å². The molecule has 0 spiro atoms. The number of rotatable bonds is 2. The van der Waals surface area contributed by atoms with E-state index in [0.717, 1.165) is 17.5 Å². The highest BCUT2D eigenvalue weighted by Gasteiger charge is 2.26. The SMILES string of the molecule is Cc1ccc(C#CCO)cc1C(=O)NC1CCOC1C. The Morgan fingerprint density at radius 3 is 3.00 bits per heavy atom. The number of carbonyl (C=O) groups excluding carboxylic acids is 1. The molecule has 1 aromatic rings. The van der Waals surface area contributed by atoms with E-state index in [9.17, 15) is 4.79 Å². The second-order valence-corrected chi connectivity index (χ2v) is 4.93. The van der Waals surface area contributed by atoms with E-state index in [4.69, 9.17) is 9.84 Å². The van der Waals surface area contributed by atoms with Crippen molar-refractivity contribution in [3.63, 3.8) is 0 Å². The standard InChI is InChI=1S/C16H19NO3/c1-11-5-6-13(4-3-8-18)10-14(11)16(19)17-15-7-9-20-12(15)2/h5-6,10,12,15,18H,7-9H2,1-2H3,(H,17,19). The van der Waals surface area contributed by atoms with Gasteiger partial charge in [0.05, 0.1) is 12.1 Å². The molecule has 1 fully saturated rings. The number of benzene rings is 1. The monoisotopic (exact) mass is 273 g/mol. The van der Waals surface area contributed by atoms with Gasteiger partial charge in [-0.2, -0.15) is 0 Å². The number of aliphatic hydroxyl groups is 1. The highest BCUT2D eigenvalue weighted by atomic mass is 16.5. The Bertz CT molecular complexity index is 557. The van der Waals surface area contributed by atoms with Crippen LogP contribution in [0.5, 0.6) is 0 Å². The minimum Gasteiger partial charge on any atom is -0.384 e. The van der Waals surface area contributed by atoms with Gasteiger partial charge in [-0.25, -0.2) is 0 Å². The molecule has 0 saturated carbocycles. The predicted molar refractivity (Wildman–Crippen MR) is 76.4 cm³/mol. The van der Waals surface area contributed by atoms with Gasteiger partial charge < -0.3 is 15.2 Å². The van der Waals surface area contributed by atoms with Crippen LogP contribution in [0.25, 0.3) is 0 Å². The van der Waals surface area contributed by atoms with E-state index in [2.05, 4.69) is 17.2 Å². The first kappa shape index (κ1) is 14.6. The van der Waals surface area contributed by atoms with E-state index in [0.29, 0.717) is 12.2 Å². The summed E-state index contributed by atoms with van der Waals surface area (Å²) in [7, 11) is 0. The van der Waals surface area contributed by atoms with Crippen molar-refractivity contribution in [1.82, 2.24) is 5.32 Å². The van der Waals surface area contributed by atoms with Gasteiger partial charge in [-0.1, -0.05) is 17.9 Å². The van der Waals surface area contributed by atoms with Crippen LogP contribution >= 0.6 is 0 Å². The van der Waals surface area contributed by atoms with E-state index in [1.807, 2.05) is 26.0 Å². The molecule has 1 aliphatic heterocycles. The van der Waals surface area contributed by atoms with Crippen molar-refractivity contribution >= 4 is 5.91 Å². The Hall–Kier alpha value is -1.83. The second kappa shape index (κ2) is 6.56. The summed E-state index contributed by atoms with van der Waals surface area (Å²) < 4.78 is 5.44. The van der Waals surface area contributed by atoms with Crippen LogP contribution in [0.15, 0.2) is 18.2 Å². The van der Waals surface area contributed by atoms with Crippen LogP contribution in [0.1, 0.15) is 34.8 Å². The Kier molecular flexibility index (Phi) is 4.78. The predicted octanol–water partition coefficient (Wildman–Crippen LogP) is 1.25. The maximum atomic E-state index is 12.3. The molecule has 2 unspecified atom stereocenters. The first-order chi connectivity index (χ1) is 9.61. The molecule has 4 nitrogen and oxygen atoms in total. The highest BCUT2D eigenvalue weighted by molar-refractivity contribution is 5.96. The largest absolute Gasteiger partial charge is 0.384 e. The molecule has 106 valence electrons. The van der Waals surface area contributed by atoms with Gasteiger partial charge in [-0.05, 0) is 38.0 Å². The molecular formula is C16H19NO3. The van der Waals surface area contributed by atoms with Gasteiger partial charge in [0, 0.05) is 17.7 Å². The molecular weight excluding hydrogens is 254 g/mol. The van der Waals surface area contributed by atoms with Crippen LogP contribution < -0.4 is 5.32 Å². The third-order valence-corrected chi connectivity index (χ3v) is 3.49. The maximum absolute atomic E-state index is 12.3. The number of carbonyl (C=O) groups is 1. The average Bonchev–Trinajstić information content (AvgIpc) is 2.83. The smallest absolute Gasteiger partial charge is 0.251 e. The number of aliphatic hydroxyl groups excluding tert-OH is 1. The topological polar surface area (TPSA) is 58.6 Å². The lowest BCUT2D eigenvalue weighted by molar-refractivity contribution is 0.0865. The number of aryl methyl sites for hydroxylation is 1. The van der Waals surface area contributed by atoms with E-state index < -0.39 is 0 Å². The Morgan fingerprint density at radius 2 is 2.35 bits per heavy atom. The first-order valence-corrected chi connectivity index (χ1v) is 6.74. The molecule has 1 heterocycles. The van der Waals surface area contributed by atoms with E-state index >= 15 is 0 Å². The summed E-state index contributed by atoms with van der Waals surface area (Å²) in [6, 6.07) is 5.53. The highest BCUT2D eigenvalue weighted by Crippen LogP contribution is 2.15. The zero-order valence-electron chi connectivity index (χ0n) is 11.8. The molecule has 4 heteroatoms. The number of hydrogen-bond donors (Lipinski definition) is 2. The molecule has 2 rings (SSSR count). The van der Waals surface area contributed by atoms with Gasteiger partial charge in [-0.15, -0.1) is 0 Å². The van der Waals surface area contributed by atoms with Crippen molar-refractivity contribution in [2.45, 2.75) is 32.4 Å². The van der Waals surface area contributed by atoms with Gasteiger partial charge in [0.1, 0.15) is 6.61 Å². The summed E-state index contributed by atoms with van der Waals surface area (Å²) in [5.41, 5.74) is 2.25. The van der Waals surface area contributed by atoms with Crippen molar-refractivity contribution in [2.75, 3.05) is 13.2 Å². The van der Waals surface area contributed by atoms with Crippen molar-refractivity contribution in [3.05, 3.63) is 34.9 Å². The van der Waals surface area contributed by atoms with Crippen molar-refractivity contribution in [2.24, 2.45) is 0 Å². The fourth-order valence-corrected chi connectivity index (χ4v) is 2.25. The normalized spacial score (nSPS) is 21.1. The third-order valence-electron chi connectivity index (χ3n) is 3.49. The minimum absolute atomic E-state index is 0.0524. The summed E-state index contributed by atoms with van der Waals surface area (Å²) in [6.07, 6.45) is 0.896. The van der Waals surface area contributed by atoms with Crippen LogP contribution in [0.3, 0.4) is 0 Å². The minimum atomic E-state index is -0.188. The van der Waals surface area contributed by atoms with Gasteiger partial charge in [-0.3, -0.25) is 4.79 Å². The zero-order valence-corrected chi connectivity index (χ0v) is 11.8. The molecule has 0 bridgehead atoms. The van der Waals surface area contributed by atoms with E-state index in [-0.39, 0.29) is 24.7 Å². The Labute approximate surface area is 119 Å². The van der Waals surface area contributed by atoms with E-state index in [1.54, 1.807) is 6.07 Å². The van der Waals surface area contributed by atoms with Crippen LogP contribution in [-0.2, 0) is 4.74 Å². The van der Waals surface area contributed by atoms with Gasteiger partial charge in [0.2, 0.25) is 0 Å². The lowest BCUT2D eigenvalue weighted by Crippen LogP contribution is -2.39. The fourth-order valence-electron chi connectivity index (χ4n) is 2.25.